The topological polar surface area (TPSA) is 67.4 Å². The molecule has 1 fully saturated rings. The van der Waals surface area contributed by atoms with Gasteiger partial charge in [0.05, 0.1) is 6.10 Å². The summed E-state index contributed by atoms with van der Waals surface area (Å²) in [5.41, 5.74) is 1.13. The average molecular weight is 276 g/mol. The minimum absolute atomic E-state index is 0.0519. The zero-order valence-electron chi connectivity index (χ0n) is 11.4. The Bertz CT molecular complexity index is 442. The number of hydrogen-bond acceptors (Lipinski definition) is 3. The number of carbonyl (C=O) groups excluding carboxylic acids is 2. The van der Waals surface area contributed by atoms with E-state index >= 15 is 0 Å². The van der Waals surface area contributed by atoms with Crippen molar-refractivity contribution in [1.29, 1.82) is 0 Å². The van der Waals surface area contributed by atoms with E-state index in [2.05, 4.69) is 10.6 Å². The summed E-state index contributed by atoms with van der Waals surface area (Å²) in [4.78, 5) is 23.1. The predicted octanol–water partition coefficient (Wildman–Crippen LogP) is 0.640. The first-order chi connectivity index (χ1) is 9.75. The lowest BCUT2D eigenvalue weighted by atomic mass is 10.1. The van der Waals surface area contributed by atoms with Crippen molar-refractivity contribution in [2.24, 2.45) is 0 Å². The zero-order valence-corrected chi connectivity index (χ0v) is 11.4. The van der Waals surface area contributed by atoms with Gasteiger partial charge >= 0.3 is 11.8 Å². The van der Waals surface area contributed by atoms with Crippen molar-refractivity contribution in [2.75, 3.05) is 19.7 Å². The van der Waals surface area contributed by atoms with Gasteiger partial charge in [-0.15, -0.1) is 0 Å². The molecule has 20 heavy (non-hydrogen) atoms. The van der Waals surface area contributed by atoms with E-state index < -0.39 is 11.8 Å². The van der Waals surface area contributed by atoms with Crippen LogP contribution in [0.4, 0.5) is 0 Å². The summed E-state index contributed by atoms with van der Waals surface area (Å²) in [6.45, 7) is 1.60. The molecule has 2 rings (SSSR count). The van der Waals surface area contributed by atoms with Gasteiger partial charge in [-0.25, -0.2) is 0 Å². The first-order valence-corrected chi connectivity index (χ1v) is 6.97. The first-order valence-electron chi connectivity index (χ1n) is 6.97. The molecule has 1 aliphatic rings. The number of rotatable bonds is 5. The number of nitrogens with one attached hydrogen (secondary N) is 2. The summed E-state index contributed by atoms with van der Waals surface area (Å²) in [5, 5.41) is 5.21. The number of benzene rings is 1. The normalized spacial score (nSPS) is 17.7. The molecule has 0 saturated carbocycles. The molecule has 1 aromatic carbocycles. The van der Waals surface area contributed by atoms with Crippen molar-refractivity contribution in [3.8, 4) is 0 Å². The highest BCUT2D eigenvalue weighted by molar-refractivity contribution is 6.35. The van der Waals surface area contributed by atoms with E-state index in [0.29, 0.717) is 19.5 Å². The fourth-order valence-electron chi connectivity index (χ4n) is 2.14. The zero-order chi connectivity index (χ0) is 14.2. The van der Waals surface area contributed by atoms with Gasteiger partial charge in [-0.1, -0.05) is 30.3 Å². The molecule has 1 atom stereocenters. The van der Waals surface area contributed by atoms with Gasteiger partial charge in [0, 0.05) is 19.7 Å². The minimum atomic E-state index is -0.589. The molecule has 5 nitrogen and oxygen atoms in total. The van der Waals surface area contributed by atoms with Crippen molar-refractivity contribution >= 4 is 11.8 Å². The van der Waals surface area contributed by atoms with Crippen molar-refractivity contribution in [3.63, 3.8) is 0 Å². The maximum atomic E-state index is 11.6. The molecule has 5 heteroatoms. The molecule has 0 aliphatic carbocycles. The summed E-state index contributed by atoms with van der Waals surface area (Å²) in [6, 6.07) is 9.82. The summed E-state index contributed by atoms with van der Waals surface area (Å²) in [7, 11) is 0. The highest BCUT2D eigenvalue weighted by atomic mass is 16.5. The maximum Gasteiger partial charge on any atom is 0.309 e. The Kier molecular flexibility index (Phi) is 5.55. The lowest BCUT2D eigenvalue weighted by molar-refractivity contribution is -0.139. The van der Waals surface area contributed by atoms with Crippen LogP contribution >= 0.6 is 0 Å². The molecular weight excluding hydrogens is 256 g/mol. The molecule has 1 saturated heterocycles. The second-order valence-electron chi connectivity index (χ2n) is 4.84. The van der Waals surface area contributed by atoms with Crippen LogP contribution in [0, 0.1) is 0 Å². The van der Waals surface area contributed by atoms with E-state index in [0.717, 1.165) is 25.0 Å². The van der Waals surface area contributed by atoms with E-state index in [-0.39, 0.29) is 6.10 Å². The third-order valence-electron chi connectivity index (χ3n) is 3.26. The summed E-state index contributed by atoms with van der Waals surface area (Å²) >= 11 is 0. The summed E-state index contributed by atoms with van der Waals surface area (Å²) in [5.74, 6) is -1.17. The fourth-order valence-corrected chi connectivity index (χ4v) is 2.14. The molecular formula is C15H20N2O3. The number of amides is 2. The third-order valence-corrected chi connectivity index (χ3v) is 3.26. The molecule has 0 bridgehead atoms. The molecule has 0 aromatic heterocycles. The predicted molar refractivity (Wildman–Crippen MR) is 75.1 cm³/mol. The Morgan fingerprint density at radius 1 is 1.15 bits per heavy atom. The SMILES string of the molecule is O=C(NCCc1ccccc1)C(=O)NC[C@@H]1CCCO1. The Morgan fingerprint density at radius 3 is 2.60 bits per heavy atom. The van der Waals surface area contributed by atoms with Crippen molar-refractivity contribution in [2.45, 2.75) is 25.4 Å². The van der Waals surface area contributed by atoms with Gasteiger partial charge in [0.25, 0.3) is 0 Å². The monoisotopic (exact) mass is 276 g/mol. The Morgan fingerprint density at radius 2 is 1.90 bits per heavy atom. The van der Waals surface area contributed by atoms with Gasteiger partial charge in [-0.2, -0.15) is 0 Å². The van der Waals surface area contributed by atoms with E-state index in [9.17, 15) is 9.59 Å². The Balaban J connectivity index is 1.62. The first kappa shape index (κ1) is 14.5. The van der Waals surface area contributed by atoms with Crippen LogP contribution in [0.5, 0.6) is 0 Å². The molecule has 2 amide bonds. The molecule has 1 heterocycles. The largest absolute Gasteiger partial charge is 0.376 e. The molecule has 0 spiro atoms. The maximum absolute atomic E-state index is 11.6. The van der Waals surface area contributed by atoms with E-state index in [1.54, 1.807) is 0 Å². The van der Waals surface area contributed by atoms with Gasteiger partial charge in [0.2, 0.25) is 0 Å². The van der Waals surface area contributed by atoms with Gasteiger partial charge in [-0.05, 0) is 24.8 Å². The second kappa shape index (κ2) is 7.65. The van der Waals surface area contributed by atoms with Crippen LogP contribution in [0.25, 0.3) is 0 Å². The van der Waals surface area contributed by atoms with Gasteiger partial charge in [0.15, 0.2) is 0 Å². The molecule has 108 valence electrons. The quantitative estimate of drug-likeness (QED) is 0.776. The van der Waals surface area contributed by atoms with Gasteiger partial charge in [0.1, 0.15) is 0 Å². The highest BCUT2D eigenvalue weighted by Crippen LogP contribution is 2.10. The van der Waals surface area contributed by atoms with Crippen LogP contribution < -0.4 is 10.6 Å². The number of carbonyl (C=O) groups is 2. The summed E-state index contributed by atoms with van der Waals surface area (Å²) < 4.78 is 5.38. The van der Waals surface area contributed by atoms with Crippen LogP contribution in [0.3, 0.4) is 0 Å². The smallest absolute Gasteiger partial charge is 0.309 e. The van der Waals surface area contributed by atoms with E-state index in [1.807, 2.05) is 30.3 Å². The molecule has 0 radical (unpaired) electrons. The number of ether oxygens (including phenoxy) is 1. The lowest BCUT2D eigenvalue weighted by Crippen LogP contribution is -2.43. The second-order valence-corrected chi connectivity index (χ2v) is 4.84. The van der Waals surface area contributed by atoms with Gasteiger partial charge < -0.3 is 15.4 Å². The highest BCUT2D eigenvalue weighted by Gasteiger charge is 2.18. The van der Waals surface area contributed by atoms with Crippen LogP contribution in [-0.4, -0.2) is 37.6 Å². The summed E-state index contributed by atoms with van der Waals surface area (Å²) in [6.07, 6.45) is 2.72. The van der Waals surface area contributed by atoms with Gasteiger partial charge in [-0.3, -0.25) is 9.59 Å². The van der Waals surface area contributed by atoms with E-state index in [1.165, 1.54) is 0 Å². The van der Waals surface area contributed by atoms with E-state index in [4.69, 9.17) is 4.74 Å². The fraction of sp³-hybridized carbons (Fsp3) is 0.467. The van der Waals surface area contributed by atoms with Crippen LogP contribution in [-0.2, 0) is 20.7 Å². The molecule has 1 aliphatic heterocycles. The third kappa shape index (κ3) is 4.66. The molecule has 0 unspecified atom stereocenters. The molecule has 2 N–H and O–H groups in total. The standard InChI is InChI=1S/C15H20N2O3/c18-14(15(19)17-11-13-7-4-10-20-13)16-9-8-12-5-2-1-3-6-12/h1-3,5-6,13H,4,7-11H2,(H,16,18)(H,17,19)/t13-/m0/s1. The van der Waals surface area contributed by atoms with Crippen molar-refractivity contribution in [3.05, 3.63) is 35.9 Å². The van der Waals surface area contributed by atoms with Crippen LogP contribution in [0.15, 0.2) is 30.3 Å². The lowest BCUT2D eigenvalue weighted by Gasteiger charge is -2.10. The average Bonchev–Trinajstić information content (AvgIpc) is 2.99. The van der Waals surface area contributed by atoms with Crippen molar-refractivity contribution < 1.29 is 14.3 Å². The van der Waals surface area contributed by atoms with Crippen LogP contribution in [0.2, 0.25) is 0 Å². The minimum Gasteiger partial charge on any atom is -0.376 e. The van der Waals surface area contributed by atoms with Crippen LogP contribution in [0.1, 0.15) is 18.4 Å². The molecule has 1 aromatic rings. The van der Waals surface area contributed by atoms with Crippen molar-refractivity contribution in [1.82, 2.24) is 10.6 Å². The Labute approximate surface area is 118 Å². The Hall–Kier alpha value is -1.88. The number of hydrogen-bond donors (Lipinski definition) is 2.